The second kappa shape index (κ2) is 6.12. The van der Waals surface area contributed by atoms with Crippen LogP contribution >= 0.6 is 0 Å². The number of ether oxygens (including phenoxy) is 2. The second-order valence-electron chi connectivity index (χ2n) is 4.54. The maximum atomic E-state index is 5.55. The van der Waals surface area contributed by atoms with E-state index in [0.717, 1.165) is 11.0 Å². The van der Waals surface area contributed by atoms with Crippen molar-refractivity contribution < 1.29 is 9.47 Å². The number of hydrogen-bond acceptors (Lipinski definition) is 4. The van der Waals surface area contributed by atoms with Gasteiger partial charge in [-0.05, 0) is 51.0 Å². The minimum absolute atomic E-state index is 0.276. The van der Waals surface area contributed by atoms with Crippen LogP contribution in [0.15, 0.2) is 12.1 Å². The fourth-order valence-electron chi connectivity index (χ4n) is 2.02. The van der Waals surface area contributed by atoms with E-state index in [1.165, 1.54) is 11.1 Å². The summed E-state index contributed by atoms with van der Waals surface area (Å²) in [6.07, 6.45) is -0.276. The van der Waals surface area contributed by atoms with Crippen LogP contribution in [0.1, 0.15) is 25.0 Å². The van der Waals surface area contributed by atoms with Crippen molar-refractivity contribution in [3.63, 3.8) is 0 Å². The molecule has 0 spiro atoms. The van der Waals surface area contributed by atoms with E-state index in [1.54, 1.807) is 0 Å². The molecule has 0 unspecified atom stereocenters. The lowest BCUT2D eigenvalue weighted by molar-refractivity contribution is -0.144. The summed E-state index contributed by atoms with van der Waals surface area (Å²) in [5.41, 5.74) is 4.40. The van der Waals surface area contributed by atoms with Crippen molar-refractivity contribution in [1.82, 2.24) is 15.0 Å². The molecule has 0 aliphatic carbocycles. The van der Waals surface area contributed by atoms with Gasteiger partial charge in [0.1, 0.15) is 5.52 Å². The van der Waals surface area contributed by atoms with Crippen LogP contribution in [0, 0.1) is 13.8 Å². The molecule has 1 aromatic heterocycles. The highest BCUT2D eigenvalue weighted by Gasteiger charge is 2.13. The minimum Gasteiger partial charge on any atom is -0.351 e. The zero-order chi connectivity index (χ0) is 13.8. The van der Waals surface area contributed by atoms with Gasteiger partial charge in [0, 0.05) is 13.2 Å². The normalized spacial score (nSPS) is 11.6. The molecule has 1 heterocycles. The van der Waals surface area contributed by atoms with Gasteiger partial charge in [-0.25, -0.2) is 4.68 Å². The van der Waals surface area contributed by atoms with Crippen molar-refractivity contribution in [2.24, 2.45) is 0 Å². The molecule has 2 rings (SSSR count). The van der Waals surface area contributed by atoms with Gasteiger partial charge in [0.05, 0.1) is 12.1 Å². The third-order valence-corrected chi connectivity index (χ3v) is 3.16. The van der Waals surface area contributed by atoms with Crippen LogP contribution in [-0.2, 0) is 16.0 Å². The Morgan fingerprint density at radius 1 is 1.11 bits per heavy atom. The standard InChI is InChI=1S/C14H21N3O2/c1-5-18-14(19-6-2)9-17-13-8-11(4)10(3)7-12(13)15-16-17/h7-8,14H,5-6,9H2,1-4H3. The molecule has 19 heavy (non-hydrogen) atoms. The number of benzene rings is 1. The van der Waals surface area contributed by atoms with Gasteiger partial charge in [-0.1, -0.05) is 5.21 Å². The predicted octanol–water partition coefficient (Wildman–Crippen LogP) is 2.45. The van der Waals surface area contributed by atoms with Crippen LogP contribution in [0.5, 0.6) is 0 Å². The third kappa shape index (κ3) is 3.11. The molecular weight excluding hydrogens is 242 g/mol. The fourth-order valence-corrected chi connectivity index (χ4v) is 2.02. The van der Waals surface area contributed by atoms with E-state index >= 15 is 0 Å². The molecule has 0 saturated carbocycles. The van der Waals surface area contributed by atoms with E-state index < -0.39 is 0 Å². The monoisotopic (exact) mass is 263 g/mol. The molecule has 0 aliphatic rings. The SMILES string of the molecule is CCOC(Cn1nnc2cc(C)c(C)cc21)OCC. The van der Waals surface area contributed by atoms with Crippen LogP contribution < -0.4 is 0 Å². The van der Waals surface area contributed by atoms with Gasteiger partial charge in [-0.15, -0.1) is 5.10 Å². The van der Waals surface area contributed by atoms with E-state index in [0.29, 0.717) is 19.8 Å². The highest BCUT2D eigenvalue weighted by Crippen LogP contribution is 2.17. The Bertz CT molecular complexity index is 545. The Labute approximate surface area is 113 Å². The lowest BCUT2D eigenvalue weighted by Gasteiger charge is -2.16. The summed E-state index contributed by atoms with van der Waals surface area (Å²) in [7, 11) is 0. The average Bonchev–Trinajstić information content (AvgIpc) is 2.73. The Kier molecular flexibility index (Phi) is 4.50. The molecule has 0 saturated heterocycles. The molecule has 0 fully saturated rings. The smallest absolute Gasteiger partial charge is 0.177 e. The van der Waals surface area contributed by atoms with Crippen LogP contribution in [0.25, 0.3) is 11.0 Å². The van der Waals surface area contributed by atoms with E-state index in [2.05, 4.69) is 36.3 Å². The van der Waals surface area contributed by atoms with Gasteiger partial charge in [-0.2, -0.15) is 0 Å². The van der Waals surface area contributed by atoms with E-state index in [9.17, 15) is 0 Å². The Balaban J connectivity index is 2.26. The van der Waals surface area contributed by atoms with Crippen molar-refractivity contribution in [2.75, 3.05) is 13.2 Å². The van der Waals surface area contributed by atoms with Crippen LogP contribution in [-0.4, -0.2) is 34.5 Å². The molecule has 0 atom stereocenters. The average molecular weight is 263 g/mol. The lowest BCUT2D eigenvalue weighted by Crippen LogP contribution is -2.24. The summed E-state index contributed by atoms with van der Waals surface area (Å²) in [6.45, 7) is 9.88. The molecule has 0 amide bonds. The molecule has 0 aliphatic heterocycles. The first-order valence-electron chi connectivity index (χ1n) is 6.69. The number of fused-ring (bicyclic) bond motifs is 1. The van der Waals surface area contributed by atoms with E-state index in [1.807, 2.05) is 18.5 Å². The first kappa shape index (κ1) is 14.0. The van der Waals surface area contributed by atoms with Crippen molar-refractivity contribution in [3.05, 3.63) is 23.3 Å². The van der Waals surface area contributed by atoms with E-state index in [4.69, 9.17) is 9.47 Å². The van der Waals surface area contributed by atoms with Gasteiger partial charge in [0.2, 0.25) is 0 Å². The van der Waals surface area contributed by atoms with Crippen molar-refractivity contribution in [3.8, 4) is 0 Å². The van der Waals surface area contributed by atoms with Gasteiger partial charge >= 0.3 is 0 Å². The van der Waals surface area contributed by atoms with Crippen LogP contribution in [0.3, 0.4) is 0 Å². The summed E-state index contributed by atoms with van der Waals surface area (Å²) in [5, 5.41) is 8.38. The zero-order valence-electron chi connectivity index (χ0n) is 12.0. The minimum atomic E-state index is -0.276. The van der Waals surface area contributed by atoms with Crippen molar-refractivity contribution in [2.45, 2.75) is 40.5 Å². The number of aryl methyl sites for hydroxylation is 2. The van der Waals surface area contributed by atoms with Gasteiger partial charge in [-0.3, -0.25) is 0 Å². The molecule has 0 bridgehead atoms. The second-order valence-corrected chi connectivity index (χ2v) is 4.54. The molecular formula is C14H21N3O2. The number of aromatic nitrogens is 3. The van der Waals surface area contributed by atoms with Gasteiger partial charge < -0.3 is 9.47 Å². The first-order chi connectivity index (χ1) is 9.15. The van der Waals surface area contributed by atoms with E-state index in [-0.39, 0.29) is 6.29 Å². The van der Waals surface area contributed by atoms with Crippen LogP contribution in [0.4, 0.5) is 0 Å². The third-order valence-electron chi connectivity index (χ3n) is 3.16. The summed E-state index contributed by atoms with van der Waals surface area (Å²) >= 11 is 0. The highest BCUT2D eigenvalue weighted by atomic mass is 16.7. The molecule has 0 N–H and O–H groups in total. The number of rotatable bonds is 6. The Morgan fingerprint density at radius 2 is 1.74 bits per heavy atom. The summed E-state index contributed by atoms with van der Waals surface area (Å²) in [5.74, 6) is 0. The summed E-state index contributed by atoms with van der Waals surface area (Å²) in [6, 6.07) is 4.17. The highest BCUT2D eigenvalue weighted by molar-refractivity contribution is 5.76. The van der Waals surface area contributed by atoms with Gasteiger partial charge in [0.25, 0.3) is 0 Å². The van der Waals surface area contributed by atoms with Gasteiger partial charge in [0.15, 0.2) is 6.29 Å². The Morgan fingerprint density at radius 3 is 2.37 bits per heavy atom. The molecule has 2 aromatic rings. The van der Waals surface area contributed by atoms with Crippen molar-refractivity contribution in [1.29, 1.82) is 0 Å². The number of hydrogen-bond donors (Lipinski definition) is 0. The zero-order valence-corrected chi connectivity index (χ0v) is 12.0. The van der Waals surface area contributed by atoms with Crippen LogP contribution in [0.2, 0.25) is 0 Å². The first-order valence-corrected chi connectivity index (χ1v) is 6.69. The largest absolute Gasteiger partial charge is 0.351 e. The molecule has 0 radical (unpaired) electrons. The molecule has 104 valence electrons. The molecule has 1 aromatic carbocycles. The lowest BCUT2D eigenvalue weighted by atomic mass is 10.1. The summed E-state index contributed by atoms with van der Waals surface area (Å²) in [4.78, 5) is 0. The summed E-state index contributed by atoms with van der Waals surface area (Å²) < 4.78 is 12.9. The Hall–Kier alpha value is -1.46. The molecule has 5 nitrogen and oxygen atoms in total. The quantitative estimate of drug-likeness (QED) is 0.751. The van der Waals surface area contributed by atoms with Crippen molar-refractivity contribution >= 4 is 11.0 Å². The topological polar surface area (TPSA) is 49.2 Å². The fraction of sp³-hybridized carbons (Fsp3) is 0.571. The maximum absolute atomic E-state index is 5.55. The molecule has 5 heteroatoms. The maximum Gasteiger partial charge on any atom is 0.177 e. The number of nitrogens with zero attached hydrogens (tertiary/aromatic N) is 3. The predicted molar refractivity (Wildman–Crippen MR) is 74.0 cm³/mol.